The molecule has 0 saturated heterocycles. The number of thioether (sulfide) groups is 1. The molecule has 0 fully saturated rings. The molecule has 0 spiro atoms. The Balaban J connectivity index is 4.43. The van der Waals surface area contributed by atoms with Crippen molar-refractivity contribution < 1.29 is 9.53 Å². The Morgan fingerprint density at radius 2 is 2.00 bits per heavy atom. The average molecular weight is 229 g/mol. The van der Waals surface area contributed by atoms with Crippen LogP contribution in [0.5, 0.6) is 0 Å². The van der Waals surface area contributed by atoms with Crippen LogP contribution in [0.25, 0.3) is 0 Å². The van der Waals surface area contributed by atoms with Crippen molar-refractivity contribution >= 4 is 17.7 Å². The minimum Gasteiger partial charge on any atom is -0.466 e. The number of carbonyl (C=O) groups is 1. The molecule has 0 unspecified atom stereocenters. The number of carbonyl (C=O) groups excluding carboxylic acids is 1. The van der Waals surface area contributed by atoms with Crippen LogP contribution >= 0.6 is 11.8 Å². The maximum atomic E-state index is 11.8. The van der Waals surface area contributed by atoms with Gasteiger partial charge in [0.05, 0.1) is 12.0 Å². The molecular formula is C11H19NO2S. The minimum absolute atomic E-state index is 0.117. The number of esters is 1. The van der Waals surface area contributed by atoms with Crippen molar-refractivity contribution in [3.63, 3.8) is 0 Å². The first-order chi connectivity index (χ1) is 7.16. The van der Waals surface area contributed by atoms with Crippen LogP contribution in [0.15, 0.2) is 0 Å². The lowest BCUT2D eigenvalue weighted by molar-refractivity contribution is -0.156. The van der Waals surface area contributed by atoms with E-state index in [9.17, 15) is 4.79 Å². The van der Waals surface area contributed by atoms with E-state index >= 15 is 0 Å². The monoisotopic (exact) mass is 229 g/mol. The molecule has 0 aliphatic rings. The zero-order chi connectivity index (χ0) is 11.7. The molecule has 0 saturated carbocycles. The molecule has 0 aliphatic heterocycles. The molecule has 0 amide bonds. The van der Waals surface area contributed by atoms with Crippen LogP contribution in [0.1, 0.15) is 40.0 Å². The third kappa shape index (κ3) is 4.13. The van der Waals surface area contributed by atoms with Gasteiger partial charge in [-0.1, -0.05) is 13.8 Å². The standard InChI is InChI=1S/C11H19NO2S/c1-4-11(5-2,7-8-15-9-12)10(13)14-6-3/h4-8H2,1-3H3. The van der Waals surface area contributed by atoms with E-state index in [1.165, 1.54) is 11.8 Å². The van der Waals surface area contributed by atoms with Gasteiger partial charge < -0.3 is 4.74 Å². The average Bonchev–Trinajstić information content (AvgIpc) is 2.25. The van der Waals surface area contributed by atoms with Gasteiger partial charge in [0.15, 0.2) is 0 Å². The van der Waals surface area contributed by atoms with Crippen molar-refractivity contribution in [3.05, 3.63) is 0 Å². The van der Waals surface area contributed by atoms with E-state index in [0.29, 0.717) is 12.4 Å². The molecule has 0 N–H and O–H groups in total. The predicted molar refractivity (Wildman–Crippen MR) is 62.3 cm³/mol. The van der Waals surface area contributed by atoms with Crippen molar-refractivity contribution in [2.45, 2.75) is 40.0 Å². The molecule has 0 aromatic rings. The molecule has 0 aromatic carbocycles. The Bertz CT molecular complexity index is 231. The Morgan fingerprint density at radius 1 is 1.40 bits per heavy atom. The fourth-order valence-electron chi connectivity index (χ4n) is 1.57. The summed E-state index contributed by atoms with van der Waals surface area (Å²) in [7, 11) is 0. The third-order valence-electron chi connectivity index (χ3n) is 2.81. The second-order valence-electron chi connectivity index (χ2n) is 3.40. The van der Waals surface area contributed by atoms with Crippen LogP contribution in [0, 0.1) is 16.1 Å². The minimum atomic E-state index is -0.389. The topological polar surface area (TPSA) is 50.1 Å². The number of nitrogens with zero attached hydrogens (tertiary/aromatic N) is 1. The number of rotatable bonds is 7. The number of ether oxygens (including phenoxy) is 1. The summed E-state index contributed by atoms with van der Waals surface area (Å²) in [6.07, 6.45) is 2.26. The molecule has 0 aliphatic carbocycles. The number of thiocyanates is 1. The number of nitriles is 1. The Labute approximate surface area is 96.2 Å². The summed E-state index contributed by atoms with van der Waals surface area (Å²) in [5.74, 6) is 0.574. The van der Waals surface area contributed by atoms with Gasteiger partial charge in [0.1, 0.15) is 5.40 Å². The third-order valence-corrected chi connectivity index (χ3v) is 3.35. The highest BCUT2D eigenvalue weighted by Gasteiger charge is 2.35. The molecule has 4 heteroatoms. The van der Waals surface area contributed by atoms with E-state index in [2.05, 4.69) is 0 Å². The van der Waals surface area contributed by atoms with E-state index in [1.807, 2.05) is 26.2 Å². The lowest BCUT2D eigenvalue weighted by atomic mass is 9.80. The first-order valence-electron chi connectivity index (χ1n) is 5.35. The van der Waals surface area contributed by atoms with Crippen LogP contribution in [0.3, 0.4) is 0 Å². The Kier molecular flexibility index (Phi) is 7.23. The van der Waals surface area contributed by atoms with Gasteiger partial charge in [-0.15, -0.1) is 0 Å². The molecule has 0 bridgehead atoms. The highest BCUT2D eigenvalue weighted by atomic mass is 32.2. The molecule has 15 heavy (non-hydrogen) atoms. The van der Waals surface area contributed by atoms with E-state index in [4.69, 9.17) is 10.00 Å². The van der Waals surface area contributed by atoms with E-state index in [1.54, 1.807) is 0 Å². The summed E-state index contributed by atoms with van der Waals surface area (Å²) in [4.78, 5) is 11.8. The highest BCUT2D eigenvalue weighted by molar-refractivity contribution is 8.03. The predicted octanol–water partition coefficient (Wildman–Crippen LogP) is 2.96. The van der Waals surface area contributed by atoms with Gasteiger partial charge >= 0.3 is 5.97 Å². The lowest BCUT2D eigenvalue weighted by Crippen LogP contribution is -2.32. The molecule has 0 rings (SSSR count). The first-order valence-corrected chi connectivity index (χ1v) is 6.33. The summed E-state index contributed by atoms with van der Waals surface area (Å²) in [6.45, 7) is 6.24. The van der Waals surface area contributed by atoms with E-state index < -0.39 is 0 Å². The van der Waals surface area contributed by atoms with Crippen LogP contribution in [-0.4, -0.2) is 18.3 Å². The smallest absolute Gasteiger partial charge is 0.312 e. The van der Waals surface area contributed by atoms with Crippen LogP contribution < -0.4 is 0 Å². The molecule has 0 aromatic heterocycles. The summed E-state index contributed by atoms with van der Waals surface area (Å²) in [6, 6.07) is 0. The highest BCUT2D eigenvalue weighted by Crippen LogP contribution is 2.33. The molecular weight excluding hydrogens is 210 g/mol. The van der Waals surface area contributed by atoms with E-state index in [0.717, 1.165) is 19.3 Å². The van der Waals surface area contributed by atoms with Crippen LogP contribution in [0.2, 0.25) is 0 Å². The molecule has 0 heterocycles. The number of hydrogen-bond donors (Lipinski definition) is 0. The quantitative estimate of drug-likeness (QED) is 0.382. The van der Waals surface area contributed by atoms with Crippen molar-refractivity contribution in [1.29, 1.82) is 5.26 Å². The van der Waals surface area contributed by atoms with Crippen LogP contribution in [-0.2, 0) is 9.53 Å². The zero-order valence-electron chi connectivity index (χ0n) is 9.71. The first kappa shape index (κ1) is 14.3. The van der Waals surface area contributed by atoms with Gasteiger partial charge in [0.25, 0.3) is 0 Å². The summed E-state index contributed by atoms with van der Waals surface area (Å²) in [5.41, 5.74) is -0.389. The van der Waals surface area contributed by atoms with E-state index in [-0.39, 0.29) is 11.4 Å². The fourth-order valence-corrected chi connectivity index (χ4v) is 2.15. The summed E-state index contributed by atoms with van der Waals surface area (Å²) >= 11 is 1.20. The normalized spacial score (nSPS) is 10.8. The summed E-state index contributed by atoms with van der Waals surface area (Å²) < 4.78 is 5.09. The van der Waals surface area contributed by atoms with Crippen molar-refractivity contribution in [2.75, 3.05) is 12.4 Å². The van der Waals surface area contributed by atoms with Gasteiger partial charge in [-0.2, -0.15) is 5.26 Å². The second kappa shape index (κ2) is 7.58. The van der Waals surface area contributed by atoms with Crippen molar-refractivity contribution in [2.24, 2.45) is 5.41 Å². The Hall–Kier alpha value is -0.690. The lowest BCUT2D eigenvalue weighted by Gasteiger charge is -2.28. The van der Waals surface area contributed by atoms with Gasteiger partial charge in [0, 0.05) is 5.75 Å². The maximum Gasteiger partial charge on any atom is 0.312 e. The van der Waals surface area contributed by atoms with Crippen LogP contribution in [0.4, 0.5) is 0 Å². The molecule has 0 radical (unpaired) electrons. The van der Waals surface area contributed by atoms with Crippen molar-refractivity contribution in [1.82, 2.24) is 0 Å². The van der Waals surface area contributed by atoms with Crippen molar-refractivity contribution in [3.8, 4) is 5.40 Å². The van der Waals surface area contributed by atoms with Gasteiger partial charge in [0.2, 0.25) is 0 Å². The molecule has 86 valence electrons. The Morgan fingerprint density at radius 3 is 2.40 bits per heavy atom. The number of hydrogen-bond acceptors (Lipinski definition) is 4. The SMILES string of the molecule is CCOC(=O)C(CC)(CC)CCSC#N. The fraction of sp³-hybridized carbons (Fsp3) is 0.818. The molecule has 3 nitrogen and oxygen atoms in total. The molecule has 0 atom stereocenters. The van der Waals surface area contributed by atoms with Gasteiger partial charge in [-0.3, -0.25) is 4.79 Å². The summed E-state index contributed by atoms with van der Waals surface area (Å²) in [5, 5.41) is 10.5. The van der Waals surface area contributed by atoms with Gasteiger partial charge in [-0.25, -0.2) is 0 Å². The maximum absolute atomic E-state index is 11.8. The zero-order valence-corrected chi connectivity index (χ0v) is 10.5. The van der Waals surface area contributed by atoms with Gasteiger partial charge in [-0.05, 0) is 37.9 Å². The second-order valence-corrected chi connectivity index (χ2v) is 4.28. The largest absolute Gasteiger partial charge is 0.466 e.